The van der Waals surface area contributed by atoms with E-state index < -0.39 is 48.5 Å². The van der Waals surface area contributed by atoms with Crippen LogP contribution in [0.4, 0.5) is 5.69 Å². The number of para-hydroxylation sites is 1. The number of carbonyl (C=O) groups excluding carboxylic acids is 6. The second kappa shape index (κ2) is 12.4. The van der Waals surface area contributed by atoms with E-state index in [4.69, 9.17) is 32.7 Å². The molecule has 1 aliphatic heterocycles. The standard InChI is InChI=1S/C32H19Cl2NO8/c33-21-10-5-18(6-11-21)27(36)16-42-31(40)20-9-14-23-25(15-20)30(39)35(29(23)38)26-4-2-1-3-24(26)32(41)43-17-28(37)19-7-12-22(34)13-8-19/h1-15H,16-17H2. The SMILES string of the molecule is O=C(COC(=O)c1ccc2c(c1)C(=O)N(c1ccccc1C(=O)OCC(=O)c1ccc(Cl)cc1)C2=O)c1ccc(Cl)cc1. The summed E-state index contributed by atoms with van der Waals surface area (Å²) < 4.78 is 10.3. The Balaban J connectivity index is 1.30. The zero-order valence-electron chi connectivity index (χ0n) is 22.0. The Hall–Kier alpha value is -5.12. The van der Waals surface area contributed by atoms with Gasteiger partial charge in [-0.25, -0.2) is 14.5 Å². The van der Waals surface area contributed by atoms with Gasteiger partial charge >= 0.3 is 11.9 Å². The Kier molecular flexibility index (Phi) is 8.47. The highest BCUT2D eigenvalue weighted by Crippen LogP contribution is 2.32. The molecule has 0 atom stereocenters. The van der Waals surface area contributed by atoms with E-state index in [1.54, 1.807) is 0 Å². The number of hydrogen-bond acceptors (Lipinski definition) is 8. The van der Waals surface area contributed by atoms with Gasteiger partial charge in [-0.05, 0) is 78.9 Å². The zero-order valence-corrected chi connectivity index (χ0v) is 23.6. The molecule has 2 amide bonds. The lowest BCUT2D eigenvalue weighted by atomic mass is 10.1. The lowest BCUT2D eigenvalue weighted by molar-refractivity contribution is 0.0472. The minimum atomic E-state index is -0.927. The molecule has 0 bridgehead atoms. The molecule has 0 unspecified atom stereocenters. The van der Waals surface area contributed by atoms with Gasteiger partial charge in [0, 0.05) is 21.2 Å². The maximum absolute atomic E-state index is 13.4. The largest absolute Gasteiger partial charge is 0.454 e. The van der Waals surface area contributed by atoms with Crippen molar-refractivity contribution in [1.82, 2.24) is 0 Å². The van der Waals surface area contributed by atoms with Gasteiger partial charge in [-0.2, -0.15) is 0 Å². The maximum Gasteiger partial charge on any atom is 0.340 e. The molecule has 0 aliphatic carbocycles. The normalized spacial score (nSPS) is 12.1. The Morgan fingerprint density at radius 3 is 1.65 bits per heavy atom. The lowest BCUT2D eigenvalue weighted by Gasteiger charge is -2.17. The van der Waals surface area contributed by atoms with Crippen LogP contribution in [-0.2, 0) is 9.47 Å². The smallest absolute Gasteiger partial charge is 0.340 e. The van der Waals surface area contributed by atoms with Gasteiger partial charge in [-0.1, -0.05) is 35.3 Å². The number of nitrogens with zero attached hydrogens (tertiary/aromatic N) is 1. The summed E-state index contributed by atoms with van der Waals surface area (Å²) in [6.07, 6.45) is 0. The van der Waals surface area contributed by atoms with Gasteiger partial charge in [0.05, 0.1) is 27.9 Å². The molecule has 0 radical (unpaired) electrons. The van der Waals surface area contributed by atoms with Crippen molar-refractivity contribution in [3.05, 3.63) is 134 Å². The molecule has 5 rings (SSSR count). The van der Waals surface area contributed by atoms with Gasteiger partial charge in [0.2, 0.25) is 0 Å². The summed E-state index contributed by atoms with van der Waals surface area (Å²) in [7, 11) is 0. The Morgan fingerprint density at radius 1 is 0.581 bits per heavy atom. The van der Waals surface area contributed by atoms with Crippen LogP contribution in [-0.4, -0.2) is 48.5 Å². The summed E-state index contributed by atoms with van der Waals surface area (Å²) in [5, 5.41) is 0.889. The van der Waals surface area contributed by atoms with Gasteiger partial charge in [-0.3, -0.25) is 19.2 Å². The minimum absolute atomic E-state index is 0.000114. The molecule has 4 aromatic rings. The summed E-state index contributed by atoms with van der Waals surface area (Å²) in [6.45, 7) is -1.13. The third kappa shape index (κ3) is 6.23. The Bertz CT molecular complexity index is 1800. The molecule has 9 nitrogen and oxygen atoms in total. The van der Waals surface area contributed by atoms with Crippen molar-refractivity contribution >= 4 is 64.2 Å². The summed E-state index contributed by atoms with van der Waals surface area (Å²) in [5.41, 5.74) is 0.253. The van der Waals surface area contributed by atoms with Crippen molar-refractivity contribution < 1.29 is 38.2 Å². The van der Waals surface area contributed by atoms with Crippen molar-refractivity contribution in [3.63, 3.8) is 0 Å². The monoisotopic (exact) mass is 615 g/mol. The molecule has 0 saturated carbocycles. The number of carbonyl (C=O) groups is 6. The van der Waals surface area contributed by atoms with Crippen LogP contribution in [0.25, 0.3) is 0 Å². The molecule has 0 saturated heterocycles. The van der Waals surface area contributed by atoms with Gasteiger partial charge in [0.15, 0.2) is 24.8 Å². The first-order valence-corrected chi connectivity index (χ1v) is 13.4. The van der Waals surface area contributed by atoms with Crippen molar-refractivity contribution in [1.29, 1.82) is 0 Å². The molecule has 0 spiro atoms. The van der Waals surface area contributed by atoms with Crippen LogP contribution in [0, 0.1) is 0 Å². The first kappa shape index (κ1) is 29.4. The third-order valence-corrected chi connectivity index (χ3v) is 6.99. The second-order valence-electron chi connectivity index (χ2n) is 9.24. The number of esters is 2. The first-order chi connectivity index (χ1) is 20.6. The highest BCUT2D eigenvalue weighted by atomic mass is 35.5. The molecule has 11 heteroatoms. The van der Waals surface area contributed by atoms with Gasteiger partial charge in [-0.15, -0.1) is 0 Å². The average molecular weight is 616 g/mol. The summed E-state index contributed by atoms with van der Waals surface area (Å²) in [5.74, 6) is -4.25. The van der Waals surface area contributed by atoms with E-state index >= 15 is 0 Å². The van der Waals surface area contributed by atoms with Crippen LogP contribution < -0.4 is 4.90 Å². The molecular weight excluding hydrogens is 597 g/mol. The van der Waals surface area contributed by atoms with E-state index in [0.29, 0.717) is 15.6 Å². The molecule has 214 valence electrons. The molecule has 4 aromatic carbocycles. The number of benzene rings is 4. The quantitative estimate of drug-likeness (QED) is 0.130. The highest BCUT2D eigenvalue weighted by Gasteiger charge is 2.39. The number of hydrogen-bond donors (Lipinski definition) is 0. The number of ether oxygens (including phenoxy) is 2. The highest BCUT2D eigenvalue weighted by molar-refractivity contribution is 6.35. The number of amides is 2. The number of rotatable bonds is 9. The topological polar surface area (TPSA) is 124 Å². The Morgan fingerprint density at radius 2 is 1.07 bits per heavy atom. The third-order valence-electron chi connectivity index (χ3n) is 6.49. The zero-order chi connectivity index (χ0) is 30.7. The predicted molar refractivity (Wildman–Crippen MR) is 156 cm³/mol. The number of imide groups is 1. The number of halogens is 2. The number of Topliss-reactive ketones (excluding diaryl/α,β-unsaturated/α-hetero) is 2. The van der Waals surface area contributed by atoms with E-state index in [0.717, 1.165) is 4.90 Å². The van der Waals surface area contributed by atoms with Gasteiger partial charge in [0.1, 0.15) is 0 Å². The van der Waals surface area contributed by atoms with Crippen molar-refractivity contribution in [2.24, 2.45) is 0 Å². The molecule has 0 aromatic heterocycles. The number of ketones is 2. The van der Waals surface area contributed by atoms with Crippen LogP contribution in [0.2, 0.25) is 10.0 Å². The van der Waals surface area contributed by atoms with Crippen LogP contribution in [0.5, 0.6) is 0 Å². The molecule has 0 N–H and O–H groups in total. The number of fused-ring (bicyclic) bond motifs is 1. The van der Waals surface area contributed by atoms with E-state index in [2.05, 4.69) is 0 Å². The minimum Gasteiger partial charge on any atom is -0.454 e. The van der Waals surface area contributed by atoms with Crippen LogP contribution in [0.15, 0.2) is 91.0 Å². The fourth-order valence-corrected chi connectivity index (χ4v) is 4.54. The fraction of sp³-hybridized carbons (Fsp3) is 0.0625. The van der Waals surface area contributed by atoms with E-state index in [1.807, 2.05) is 0 Å². The molecule has 0 fully saturated rings. The molecule has 1 heterocycles. The molecular formula is C32H19Cl2NO8. The van der Waals surface area contributed by atoms with Gasteiger partial charge in [0.25, 0.3) is 11.8 Å². The summed E-state index contributed by atoms with van der Waals surface area (Å²) >= 11 is 11.7. The summed E-state index contributed by atoms with van der Waals surface area (Å²) in [6, 6.07) is 21.7. The van der Waals surface area contributed by atoms with E-state index in [1.165, 1.54) is 91.0 Å². The number of anilines is 1. The van der Waals surface area contributed by atoms with Gasteiger partial charge < -0.3 is 9.47 Å². The van der Waals surface area contributed by atoms with Crippen molar-refractivity contribution in [2.75, 3.05) is 18.1 Å². The molecule has 43 heavy (non-hydrogen) atoms. The summed E-state index contributed by atoms with van der Waals surface area (Å²) in [4.78, 5) is 77.8. The lowest BCUT2D eigenvalue weighted by Crippen LogP contribution is -2.31. The van der Waals surface area contributed by atoms with Crippen LogP contribution in [0.1, 0.15) is 62.1 Å². The Labute approximate surface area is 254 Å². The van der Waals surface area contributed by atoms with Crippen molar-refractivity contribution in [2.45, 2.75) is 0 Å². The maximum atomic E-state index is 13.4. The first-order valence-electron chi connectivity index (χ1n) is 12.7. The fourth-order valence-electron chi connectivity index (χ4n) is 4.29. The van der Waals surface area contributed by atoms with Crippen molar-refractivity contribution in [3.8, 4) is 0 Å². The molecule has 1 aliphatic rings. The van der Waals surface area contributed by atoms with E-state index in [9.17, 15) is 28.8 Å². The average Bonchev–Trinajstić information content (AvgIpc) is 3.27. The van der Waals surface area contributed by atoms with E-state index in [-0.39, 0.29) is 33.5 Å². The van der Waals surface area contributed by atoms with Crippen LogP contribution in [0.3, 0.4) is 0 Å². The van der Waals surface area contributed by atoms with Crippen LogP contribution >= 0.6 is 23.2 Å². The predicted octanol–water partition coefficient (Wildman–Crippen LogP) is 5.87. The second-order valence-corrected chi connectivity index (χ2v) is 10.1.